The zero-order valence-electron chi connectivity index (χ0n) is 20.4. The highest BCUT2D eigenvalue weighted by molar-refractivity contribution is 7.17. The van der Waals surface area contributed by atoms with Crippen molar-refractivity contribution in [3.05, 3.63) is 28.5 Å². The molecule has 2 aromatic rings. The molecule has 2 amide bonds. The van der Waals surface area contributed by atoms with Crippen LogP contribution in [0.25, 0.3) is 10.4 Å². The molecular formula is C23H30F3N5O4S. The van der Waals surface area contributed by atoms with Crippen molar-refractivity contribution in [1.82, 2.24) is 20.2 Å². The lowest BCUT2D eigenvalue weighted by Gasteiger charge is -2.23. The van der Waals surface area contributed by atoms with Gasteiger partial charge in [0.15, 0.2) is 5.01 Å². The standard InChI is InChI=1S/C23H30F3N5O4S/c1-12-6-5-7-31(12)21(35)17-18(36-20(29-17)19(34)28-9-13(33)11-32)14-10-27-16(30-22(2,3)4)8-15(14)23(24,25)26/h8,10,12-13,32-33H,5-7,9,11H2,1-4H3,(H,27,30)(H,28,34)/t12?,13-/m0/s1. The molecule has 0 spiro atoms. The fourth-order valence-electron chi connectivity index (χ4n) is 3.79. The van der Waals surface area contributed by atoms with Crippen molar-refractivity contribution in [2.24, 2.45) is 0 Å². The van der Waals surface area contributed by atoms with E-state index < -0.39 is 41.8 Å². The second kappa shape index (κ2) is 10.7. The van der Waals surface area contributed by atoms with Crippen molar-refractivity contribution >= 4 is 29.0 Å². The highest BCUT2D eigenvalue weighted by Crippen LogP contribution is 2.42. The molecule has 1 unspecified atom stereocenters. The quantitative estimate of drug-likeness (QED) is 0.434. The summed E-state index contributed by atoms with van der Waals surface area (Å²) < 4.78 is 42.5. The van der Waals surface area contributed by atoms with E-state index in [1.54, 1.807) is 20.8 Å². The molecule has 1 aliphatic heterocycles. The van der Waals surface area contributed by atoms with Gasteiger partial charge >= 0.3 is 6.18 Å². The molecule has 0 radical (unpaired) electrons. The Balaban J connectivity index is 2.12. The lowest BCUT2D eigenvalue weighted by Crippen LogP contribution is -2.35. The first-order valence-electron chi connectivity index (χ1n) is 11.5. The normalized spacial score (nSPS) is 17.2. The van der Waals surface area contributed by atoms with Crippen LogP contribution in [-0.2, 0) is 6.18 Å². The topological polar surface area (TPSA) is 128 Å². The Labute approximate surface area is 210 Å². The number of amides is 2. The van der Waals surface area contributed by atoms with Gasteiger partial charge < -0.3 is 25.7 Å². The van der Waals surface area contributed by atoms with Crippen LogP contribution >= 0.6 is 11.3 Å². The van der Waals surface area contributed by atoms with E-state index in [4.69, 9.17) is 5.11 Å². The van der Waals surface area contributed by atoms with Gasteiger partial charge in [0, 0.05) is 36.4 Å². The molecule has 9 nitrogen and oxygen atoms in total. The van der Waals surface area contributed by atoms with Gasteiger partial charge in [-0.15, -0.1) is 11.3 Å². The Kier molecular flexibility index (Phi) is 8.26. The van der Waals surface area contributed by atoms with E-state index in [1.807, 2.05) is 6.92 Å². The van der Waals surface area contributed by atoms with E-state index in [9.17, 15) is 27.9 Å². The molecular weight excluding hydrogens is 499 g/mol. The van der Waals surface area contributed by atoms with Crippen LogP contribution in [0.1, 0.15) is 66.4 Å². The number of anilines is 1. The maximum absolute atomic E-state index is 14.2. The van der Waals surface area contributed by atoms with Crippen LogP contribution in [0.2, 0.25) is 0 Å². The van der Waals surface area contributed by atoms with E-state index in [-0.39, 0.29) is 39.5 Å². The third-order valence-electron chi connectivity index (χ3n) is 5.50. The molecule has 0 aromatic carbocycles. The minimum absolute atomic E-state index is 0.0140. The molecule has 3 heterocycles. The van der Waals surface area contributed by atoms with E-state index in [2.05, 4.69) is 20.6 Å². The summed E-state index contributed by atoms with van der Waals surface area (Å²) in [6, 6.07) is 0.757. The number of carbonyl (C=O) groups excluding carboxylic acids is 2. The highest BCUT2D eigenvalue weighted by Gasteiger charge is 2.38. The maximum atomic E-state index is 14.2. The minimum atomic E-state index is -4.77. The molecule has 1 saturated heterocycles. The fourth-order valence-corrected chi connectivity index (χ4v) is 4.79. The zero-order valence-corrected chi connectivity index (χ0v) is 21.3. The molecule has 13 heteroatoms. The van der Waals surface area contributed by atoms with Crippen LogP contribution in [0.15, 0.2) is 12.3 Å². The summed E-state index contributed by atoms with van der Waals surface area (Å²) in [6.45, 7) is 6.74. The number of nitrogens with zero attached hydrogens (tertiary/aromatic N) is 3. The number of pyridine rings is 1. The van der Waals surface area contributed by atoms with Gasteiger partial charge in [-0.25, -0.2) is 9.97 Å². The van der Waals surface area contributed by atoms with Crippen molar-refractivity contribution in [3.8, 4) is 10.4 Å². The Morgan fingerprint density at radius 3 is 2.56 bits per heavy atom. The smallest absolute Gasteiger partial charge is 0.394 e. The summed E-state index contributed by atoms with van der Waals surface area (Å²) >= 11 is 0.642. The molecule has 4 N–H and O–H groups in total. The number of carbonyl (C=O) groups is 2. The number of alkyl halides is 3. The van der Waals surface area contributed by atoms with E-state index in [0.29, 0.717) is 17.9 Å². The second-order valence-corrected chi connectivity index (χ2v) is 10.7. The first-order valence-corrected chi connectivity index (χ1v) is 12.3. The van der Waals surface area contributed by atoms with Gasteiger partial charge in [0.25, 0.3) is 11.8 Å². The zero-order chi connectivity index (χ0) is 26.8. The lowest BCUT2D eigenvalue weighted by molar-refractivity contribution is -0.137. The number of aliphatic hydroxyl groups excluding tert-OH is 2. The van der Waals surface area contributed by atoms with Crippen molar-refractivity contribution in [2.75, 3.05) is 25.0 Å². The molecule has 2 atom stereocenters. The van der Waals surface area contributed by atoms with E-state index in [1.165, 1.54) is 4.90 Å². The van der Waals surface area contributed by atoms with Gasteiger partial charge in [-0.05, 0) is 46.6 Å². The number of aliphatic hydroxyl groups is 2. The Morgan fingerprint density at radius 2 is 2.00 bits per heavy atom. The third-order valence-corrected chi connectivity index (χ3v) is 6.59. The summed E-state index contributed by atoms with van der Waals surface area (Å²) in [5.41, 5.74) is -2.17. The average molecular weight is 530 g/mol. The molecule has 36 heavy (non-hydrogen) atoms. The minimum Gasteiger partial charge on any atom is -0.394 e. The number of nitrogens with one attached hydrogen (secondary N) is 2. The third kappa shape index (κ3) is 6.51. The summed E-state index contributed by atoms with van der Waals surface area (Å²) in [5.74, 6) is -1.33. The molecule has 0 aliphatic carbocycles. The molecule has 1 aliphatic rings. The van der Waals surface area contributed by atoms with Gasteiger partial charge in [-0.2, -0.15) is 13.2 Å². The van der Waals surface area contributed by atoms with Crippen molar-refractivity contribution in [1.29, 1.82) is 0 Å². The second-order valence-electron chi connectivity index (χ2n) is 9.72. The van der Waals surface area contributed by atoms with Gasteiger partial charge in [0.2, 0.25) is 0 Å². The number of likely N-dealkylation sites (tertiary alicyclic amines) is 1. The van der Waals surface area contributed by atoms with Crippen molar-refractivity contribution < 1.29 is 33.0 Å². The summed E-state index contributed by atoms with van der Waals surface area (Å²) in [4.78, 5) is 35.7. The number of hydrogen-bond acceptors (Lipinski definition) is 8. The molecule has 0 saturated carbocycles. The molecule has 2 aromatic heterocycles. The van der Waals surface area contributed by atoms with Gasteiger partial charge in [-0.3, -0.25) is 9.59 Å². The van der Waals surface area contributed by atoms with Gasteiger partial charge in [0.05, 0.1) is 23.2 Å². The van der Waals surface area contributed by atoms with Crippen LogP contribution in [0, 0.1) is 0 Å². The SMILES string of the molecule is CC1CCCN1C(=O)c1nc(C(=O)NC[C@H](O)CO)sc1-c1cnc(NC(C)(C)C)cc1C(F)(F)F. The number of rotatable bonds is 7. The molecule has 3 rings (SSSR count). The van der Waals surface area contributed by atoms with Crippen molar-refractivity contribution in [3.63, 3.8) is 0 Å². The number of hydrogen-bond donors (Lipinski definition) is 4. The average Bonchev–Trinajstić information content (AvgIpc) is 3.41. The van der Waals surface area contributed by atoms with Crippen LogP contribution in [0.5, 0.6) is 0 Å². The van der Waals surface area contributed by atoms with Gasteiger partial charge in [0.1, 0.15) is 11.5 Å². The van der Waals surface area contributed by atoms with Crippen LogP contribution in [0.4, 0.5) is 19.0 Å². The first-order chi connectivity index (χ1) is 16.7. The van der Waals surface area contributed by atoms with E-state index >= 15 is 0 Å². The lowest BCUT2D eigenvalue weighted by atomic mass is 10.1. The predicted octanol–water partition coefficient (Wildman–Crippen LogP) is 3.14. The Hall–Kier alpha value is -2.77. The molecule has 1 fully saturated rings. The maximum Gasteiger partial charge on any atom is 0.417 e. The summed E-state index contributed by atoms with van der Waals surface area (Å²) in [7, 11) is 0. The highest BCUT2D eigenvalue weighted by atomic mass is 32.1. The predicted molar refractivity (Wildman–Crippen MR) is 129 cm³/mol. The first kappa shape index (κ1) is 27.8. The van der Waals surface area contributed by atoms with E-state index in [0.717, 1.165) is 25.1 Å². The Morgan fingerprint density at radius 1 is 1.31 bits per heavy atom. The molecule has 198 valence electrons. The monoisotopic (exact) mass is 529 g/mol. The fraction of sp³-hybridized carbons (Fsp3) is 0.565. The largest absolute Gasteiger partial charge is 0.417 e. The Bertz CT molecular complexity index is 1120. The van der Waals surface area contributed by atoms with Gasteiger partial charge in [-0.1, -0.05) is 0 Å². The summed E-state index contributed by atoms with van der Waals surface area (Å²) in [6.07, 6.45) is -3.46. The number of aromatic nitrogens is 2. The van der Waals surface area contributed by atoms with Crippen LogP contribution in [0.3, 0.4) is 0 Å². The summed E-state index contributed by atoms with van der Waals surface area (Å²) in [5, 5.41) is 23.5. The van der Waals surface area contributed by atoms with Crippen molar-refractivity contribution in [2.45, 2.75) is 64.4 Å². The van der Waals surface area contributed by atoms with Crippen LogP contribution in [-0.4, -0.2) is 74.3 Å². The number of thiazole rings is 1. The molecule has 0 bridgehead atoms. The number of halogens is 3. The van der Waals surface area contributed by atoms with Crippen LogP contribution < -0.4 is 10.6 Å².